The number of hydrogen-bond acceptors (Lipinski definition) is 3. The van der Waals surface area contributed by atoms with Gasteiger partial charge in [0, 0.05) is 15.5 Å². The van der Waals surface area contributed by atoms with Gasteiger partial charge in [0.05, 0.1) is 11.0 Å². The van der Waals surface area contributed by atoms with Crippen molar-refractivity contribution in [3.05, 3.63) is 63.2 Å². The molecule has 3 rings (SSSR count). The zero-order chi connectivity index (χ0) is 17.1. The molecule has 7 heteroatoms. The molecule has 0 fully saturated rings. The molecule has 2 N–H and O–H groups in total. The van der Waals surface area contributed by atoms with E-state index in [1.54, 1.807) is 18.2 Å². The van der Waals surface area contributed by atoms with Crippen LogP contribution in [0.1, 0.15) is 10.6 Å². The molecule has 0 saturated heterocycles. The summed E-state index contributed by atoms with van der Waals surface area (Å²) < 4.78 is 7.22. The SMILES string of the molecule is O=C(CNC(=O)c1cc2cccc(Br)c2o1)Nc1ccc(Br)cc1. The monoisotopic (exact) mass is 450 g/mol. The molecule has 1 heterocycles. The van der Waals surface area contributed by atoms with Crippen molar-refractivity contribution < 1.29 is 14.0 Å². The summed E-state index contributed by atoms with van der Waals surface area (Å²) in [6, 6.07) is 14.3. The molecule has 0 radical (unpaired) electrons. The van der Waals surface area contributed by atoms with Crippen molar-refractivity contribution in [2.75, 3.05) is 11.9 Å². The van der Waals surface area contributed by atoms with Gasteiger partial charge in [0.25, 0.3) is 5.91 Å². The van der Waals surface area contributed by atoms with Crippen LogP contribution in [0.4, 0.5) is 5.69 Å². The quantitative estimate of drug-likeness (QED) is 0.620. The first-order valence-corrected chi connectivity index (χ1v) is 8.63. The van der Waals surface area contributed by atoms with Gasteiger partial charge in [-0.05, 0) is 52.3 Å². The van der Waals surface area contributed by atoms with Crippen molar-refractivity contribution in [2.45, 2.75) is 0 Å². The minimum Gasteiger partial charge on any atom is -0.450 e. The smallest absolute Gasteiger partial charge is 0.287 e. The third-order valence-corrected chi connectivity index (χ3v) is 4.41. The van der Waals surface area contributed by atoms with Crippen LogP contribution in [0, 0.1) is 0 Å². The second-order valence-corrected chi connectivity index (χ2v) is 6.78. The summed E-state index contributed by atoms with van der Waals surface area (Å²) in [5.74, 6) is -0.597. The standard InChI is InChI=1S/C17H12Br2N2O3/c18-11-4-6-12(7-5-11)21-15(22)9-20-17(23)14-8-10-2-1-3-13(19)16(10)24-14/h1-8H,9H2,(H,20,23)(H,21,22). The van der Waals surface area contributed by atoms with Crippen LogP contribution in [-0.4, -0.2) is 18.4 Å². The zero-order valence-corrected chi connectivity index (χ0v) is 15.5. The van der Waals surface area contributed by atoms with E-state index in [4.69, 9.17) is 4.42 Å². The summed E-state index contributed by atoms with van der Waals surface area (Å²) in [6.07, 6.45) is 0. The fourth-order valence-corrected chi connectivity index (χ4v) is 2.85. The Labute approximate surface area is 154 Å². The maximum absolute atomic E-state index is 12.1. The highest BCUT2D eigenvalue weighted by Gasteiger charge is 2.14. The molecular formula is C17H12Br2N2O3. The molecule has 0 unspecified atom stereocenters. The number of halogens is 2. The number of rotatable bonds is 4. The van der Waals surface area contributed by atoms with Gasteiger partial charge in [0.15, 0.2) is 5.76 Å². The lowest BCUT2D eigenvalue weighted by Crippen LogP contribution is -2.32. The highest BCUT2D eigenvalue weighted by Crippen LogP contribution is 2.26. The Morgan fingerprint density at radius 1 is 1.04 bits per heavy atom. The fourth-order valence-electron chi connectivity index (χ4n) is 2.13. The minimum absolute atomic E-state index is 0.146. The normalized spacial score (nSPS) is 10.6. The molecule has 3 aromatic rings. The largest absolute Gasteiger partial charge is 0.450 e. The first kappa shape index (κ1) is 16.7. The Hall–Kier alpha value is -2.12. The molecule has 0 spiro atoms. The predicted molar refractivity (Wildman–Crippen MR) is 99.0 cm³/mol. The van der Waals surface area contributed by atoms with E-state index >= 15 is 0 Å². The first-order chi connectivity index (χ1) is 11.5. The maximum atomic E-state index is 12.1. The van der Waals surface area contributed by atoms with Gasteiger partial charge in [-0.1, -0.05) is 28.1 Å². The van der Waals surface area contributed by atoms with Crippen LogP contribution in [0.2, 0.25) is 0 Å². The Morgan fingerprint density at radius 3 is 2.50 bits per heavy atom. The third-order valence-electron chi connectivity index (χ3n) is 3.26. The minimum atomic E-state index is -0.441. The summed E-state index contributed by atoms with van der Waals surface area (Å²) in [7, 11) is 0. The molecule has 122 valence electrons. The molecule has 2 amide bonds. The molecule has 0 saturated carbocycles. The van der Waals surface area contributed by atoms with Gasteiger partial charge in [-0.3, -0.25) is 9.59 Å². The molecule has 1 aromatic heterocycles. The number of fused-ring (bicyclic) bond motifs is 1. The number of furan rings is 1. The molecule has 0 atom stereocenters. The zero-order valence-electron chi connectivity index (χ0n) is 12.3. The van der Waals surface area contributed by atoms with Gasteiger partial charge in [-0.15, -0.1) is 0 Å². The molecule has 0 bridgehead atoms. The van der Waals surface area contributed by atoms with Crippen LogP contribution in [0.3, 0.4) is 0 Å². The second-order valence-electron chi connectivity index (χ2n) is 5.01. The van der Waals surface area contributed by atoms with Crippen molar-refractivity contribution in [1.82, 2.24) is 5.32 Å². The van der Waals surface area contributed by atoms with E-state index in [1.165, 1.54) is 0 Å². The number of nitrogens with one attached hydrogen (secondary N) is 2. The third kappa shape index (κ3) is 3.85. The van der Waals surface area contributed by atoms with Crippen LogP contribution in [0.25, 0.3) is 11.0 Å². The fraction of sp³-hybridized carbons (Fsp3) is 0.0588. The lowest BCUT2D eigenvalue weighted by Gasteiger charge is -2.06. The number of hydrogen-bond donors (Lipinski definition) is 2. The van der Waals surface area contributed by atoms with Crippen LogP contribution in [-0.2, 0) is 4.79 Å². The highest BCUT2D eigenvalue weighted by atomic mass is 79.9. The van der Waals surface area contributed by atoms with E-state index < -0.39 is 5.91 Å². The number of amides is 2. The Balaban J connectivity index is 1.60. The van der Waals surface area contributed by atoms with Gasteiger partial charge in [-0.2, -0.15) is 0 Å². The average Bonchev–Trinajstić information content (AvgIpc) is 3.00. The van der Waals surface area contributed by atoms with Crippen molar-refractivity contribution in [2.24, 2.45) is 0 Å². The topological polar surface area (TPSA) is 71.3 Å². The first-order valence-electron chi connectivity index (χ1n) is 7.04. The Kier molecular flexibility index (Phi) is 5.01. The van der Waals surface area contributed by atoms with Crippen LogP contribution in [0.5, 0.6) is 0 Å². The van der Waals surface area contributed by atoms with Crippen molar-refractivity contribution in [3.8, 4) is 0 Å². The van der Waals surface area contributed by atoms with Gasteiger partial charge in [0.2, 0.25) is 5.91 Å². The van der Waals surface area contributed by atoms with Gasteiger partial charge < -0.3 is 15.1 Å². The summed E-state index contributed by atoms with van der Waals surface area (Å²) in [5, 5.41) is 6.05. The van der Waals surface area contributed by atoms with E-state index in [0.29, 0.717) is 11.3 Å². The molecular weight excluding hydrogens is 440 g/mol. The van der Waals surface area contributed by atoms with Crippen LogP contribution >= 0.6 is 31.9 Å². The second kappa shape index (κ2) is 7.19. The molecule has 0 aliphatic heterocycles. The molecule has 0 aliphatic rings. The van der Waals surface area contributed by atoms with E-state index in [9.17, 15) is 9.59 Å². The van der Waals surface area contributed by atoms with E-state index in [1.807, 2.05) is 30.3 Å². The molecule has 2 aromatic carbocycles. The number of anilines is 1. The number of benzene rings is 2. The molecule has 5 nitrogen and oxygen atoms in total. The summed E-state index contributed by atoms with van der Waals surface area (Å²) >= 11 is 6.69. The van der Waals surface area contributed by atoms with E-state index in [0.717, 1.165) is 14.3 Å². The summed E-state index contributed by atoms with van der Waals surface area (Å²) in [5.41, 5.74) is 1.26. The van der Waals surface area contributed by atoms with Crippen molar-refractivity contribution >= 4 is 60.3 Å². The number of carbonyl (C=O) groups is 2. The summed E-state index contributed by atoms with van der Waals surface area (Å²) in [4.78, 5) is 24.0. The molecule has 24 heavy (non-hydrogen) atoms. The Morgan fingerprint density at radius 2 is 1.79 bits per heavy atom. The van der Waals surface area contributed by atoms with E-state index in [2.05, 4.69) is 42.5 Å². The van der Waals surface area contributed by atoms with Crippen molar-refractivity contribution in [3.63, 3.8) is 0 Å². The van der Waals surface area contributed by atoms with E-state index in [-0.39, 0.29) is 18.2 Å². The predicted octanol–water partition coefficient (Wildman–Crippen LogP) is 4.33. The van der Waals surface area contributed by atoms with Gasteiger partial charge in [-0.25, -0.2) is 0 Å². The van der Waals surface area contributed by atoms with Crippen LogP contribution in [0.15, 0.2) is 61.9 Å². The van der Waals surface area contributed by atoms with Crippen molar-refractivity contribution in [1.29, 1.82) is 0 Å². The highest BCUT2D eigenvalue weighted by molar-refractivity contribution is 9.11. The van der Waals surface area contributed by atoms with Crippen LogP contribution < -0.4 is 10.6 Å². The lowest BCUT2D eigenvalue weighted by molar-refractivity contribution is -0.115. The number of para-hydroxylation sites is 1. The Bertz CT molecular complexity index is 904. The van der Waals surface area contributed by atoms with Gasteiger partial charge in [0.1, 0.15) is 5.58 Å². The maximum Gasteiger partial charge on any atom is 0.287 e. The van der Waals surface area contributed by atoms with Gasteiger partial charge >= 0.3 is 0 Å². The average molecular weight is 452 g/mol. The molecule has 0 aliphatic carbocycles. The lowest BCUT2D eigenvalue weighted by atomic mass is 10.2. The number of carbonyl (C=O) groups excluding carboxylic acids is 2. The summed E-state index contributed by atoms with van der Waals surface area (Å²) in [6.45, 7) is -0.146.